The molecule has 166 valence electrons. The molecule has 1 aromatic heterocycles. The summed E-state index contributed by atoms with van der Waals surface area (Å²) in [5, 5.41) is 6.05. The third kappa shape index (κ3) is 5.21. The highest BCUT2D eigenvalue weighted by atomic mass is 16.2. The van der Waals surface area contributed by atoms with Gasteiger partial charge in [-0.2, -0.15) is 0 Å². The number of para-hydroxylation sites is 1. The van der Waals surface area contributed by atoms with Crippen LogP contribution in [0.4, 0.5) is 0 Å². The third-order valence-corrected chi connectivity index (χ3v) is 5.43. The Hall–Kier alpha value is -3.40. The van der Waals surface area contributed by atoms with Crippen LogP contribution in [0.2, 0.25) is 0 Å². The molecule has 4 amide bonds. The molecule has 0 spiro atoms. The van der Waals surface area contributed by atoms with Crippen LogP contribution in [0.3, 0.4) is 0 Å². The van der Waals surface area contributed by atoms with Crippen molar-refractivity contribution < 1.29 is 19.2 Å². The molecule has 0 bridgehead atoms. The molecular formula is C21H28N6O4. The molecular weight excluding hydrogens is 400 g/mol. The van der Waals surface area contributed by atoms with E-state index >= 15 is 0 Å². The van der Waals surface area contributed by atoms with Crippen molar-refractivity contribution in [1.29, 1.82) is 0 Å². The number of nitrogens with two attached hydrogens (primary N) is 2. The molecule has 1 saturated heterocycles. The van der Waals surface area contributed by atoms with Gasteiger partial charge in [-0.15, -0.1) is 0 Å². The molecule has 7 N–H and O–H groups in total. The summed E-state index contributed by atoms with van der Waals surface area (Å²) in [6.45, 7) is 1.70. The van der Waals surface area contributed by atoms with Crippen molar-refractivity contribution in [3.63, 3.8) is 0 Å². The third-order valence-electron chi connectivity index (χ3n) is 5.43. The van der Waals surface area contributed by atoms with E-state index in [1.165, 1.54) is 4.90 Å². The van der Waals surface area contributed by atoms with Crippen LogP contribution >= 0.6 is 0 Å². The fraction of sp³-hybridized carbons (Fsp3) is 0.429. The molecule has 0 radical (unpaired) electrons. The summed E-state index contributed by atoms with van der Waals surface area (Å²) in [5.41, 5.74) is 12.9. The van der Waals surface area contributed by atoms with Crippen LogP contribution in [0.5, 0.6) is 0 Å². The number of nitrogens with one attached hydrogen (secondary N) is 3. The zero-order valence-electron chi connectivity index (χ0n) is 17.4. The van der Waals surface area contributed by atoms with Gasteiger partial charge < -0.3 is 32.0 Å². The fourth-order valence-corrected chi connectivity index (χ4v) is 3.84. The number of nitrogens with zero attached hydrogens (tertiary/aromatic N) is 1. The lowest BCUT2D eigenvalue weighted by Gasteiger charge is -2.25. The van der Waals surface area contributed by atoms with Gasteiger partial charge in [-0.1, -0.05) is 18.2 Å². The minimum Gasteiger partial charge on any atom is -0.368 e. The van der Waals surface area contributed by atoms with Gasteiger partial charge in [0.1, 0.15) is 12.1 Å². The molecule has 2 heterocycles. The number of hydrogen-bond donors (Lipinski definition) is 5. The predicted molar refractivity (Wildman–Crippen MR) is 115 cm³/mol. The van der Waals surface area contributed by atoms with Crippen molar-refractivity contribution in [2.45, 2.75) is 44.3 Å². The number of carbonyl (C=O) groups excluding carboxylic acids is 4. The van der Waals surface area contributed by atoms with E-state index in [4.69, 9.17) is 11.5 Å². The largest absolute Gasteiger partial charge is 0.368 e. The van der Waals surface area contributed by atoms with Gasteiger partial charge in [-0.05, 0) is 31.4 Å². The van der Waals surface area contributed by atoms with E-state index in [1.807, 2.05) is 24.3 Å². The van der Waals surface area contributed by atoms with Crippen LogP contribution in [-0.2, 0) is 25.6 Å². The summed E-state index contributed by atoms with van der Waals surface area (Å²) in [6, 6.07) is 5.34. The lowest BCUT2D eigenvalue weighted by molar-refractivity contribution is -0.139. The van der Waals surface area contributed by atoms with Crippen LogP contribution in [0.25, 0.3) is 10.9 Å². The molecule has 3 rings (SSSR count). The number of carbonyl (C=O) groups is 4. The number of fused-ring (bicyclic) bond motifs is 1. The van der Waals surface area contributed by atoms with E-state index in [2.05, 4.69) is 15.6 Å². The van der Waals surface area contributed by atoms with Crippen molar-refractivity contribution >= 4 is 34.5 Å². The second kappa shape index (κ2) is 9.61. The zero-order valence-corrected chi connectivity index (χ0v) is 17.4. The van der Waals surface area contributed by atoms with Crippen molar-refractivity contribution in [1.82, 2.24) is 20.5 Å². The van der Waals surface area contributed by atoms with Crippen LogP contribution in [0.15, 0.2) is 30.5 Å². The summed E-state index contributed by atoms with van der Waals surface area (Å²) >= 11 is 0. The maximum atomic E-state index is 12.5. The highest BCUT2D eigenvalue weighted by Crippen LogP contribution is 2.19. The number of aromatic nitrogens is 1. The van der Waals surface area contributed by atoms with Gasteiger partial charge >= 0.3 is 0 Å². The Labute approximate surface area is 179 Å². The number of amides is 4. The minimum absolute atomic E-state index is 0.221. The normalized spacial score (nSPS) is 17.9. The van der Waals surface area contributed by atoms with Crippen LogP contribution in [-0.4, -0.2) is 64.7 Å². The van der Waals surface area contributed by atoms with Crippen molar-refractivity contribution in [2.75, 3.05) is 13.1 Å². The maximum absolute atomic E-state index is 12.5. The first-order valence-electron chi connectivity index (χ1n) is 10.3. The molecule has 31 heavy (non-hydrogen) atoms. The molecule has 0 unspecified atom stereocenters. The lowest BCUT2D eigenvalue weighted by atomic mass is 10.0. The second-order valence-corrected chi connectivity index (χ2v) is 7.78. The van der Waals surface area contributed by atoms with Gasteiger partial charge in [0, 0.05) is 30.1 Å². The molecule has 1 fully saturated rings. The highest BCUT2D eigenvalue weighted by Gasteiger charge is 2.35. The summed E-state index contributed by atoms with van der Waals surface area (Å²) in [4.78, 5) is 53.4. The Kier molecular flexibility index (Phi) is 6.91. The van der Waals surface area contributed by atoms with Crippen LogP contribution in [0, 0.1) is 0 Å². The Morgan fingerprint density at radius 1 is 1.26 bits per heavy atom. The Bertz CT molecular complexity index is 985. The van der Waals surface area contributed by atoms with Crippen LogP contribution in [0.1, 0.15) is 25.3 Å². The second-order valence-electron chi connectivity index (χ2n) is 7.78. The summed E-state index contributed by atoms with van der Waals surface area (Å²) in [7, 11) is 0. The van der Waals surface area contributed by atoms with E-state index in [9.17, 15) is 19.2 Å². The first-order valence-corrected chi connectivity index (χ1v) is 10.3. The van der Waals surface area contributed by atoms with E-state index in [1.54, 1.807) is 13.1 Å². The maximum Gasteiger partial charge on any atom is 0.243 e. The Balaban J connectivity index is 1.56. The molecule has 0 aliphatic carbocycles. The number of rotatable bonds is 8. The molecule has 1 aromatic carbocycles. The predicted octanol–water partition coefficient (Wildman–Crippen LogP) is -0.865. The number of aromatic amines is 1. The van der Waals surface area contributed by atoms with E-state index in [-0.39, 0.29) is 18.9 Å². The first kappa shape index (κ1) is 22.3. The fourth-order valence-electron chi connectivity index (χ4n) is 3.84. The smallest absolute Gasteiger partial charge is 0.243 e. The average Bonchev–Trinajstić information content (AvgIpc) is 3.38. The number of benzene rings is 1. The van der Waals surface area contributed by atoms with E-state index in [0.29, 0.717) is 19.4 Å². The summed E-state index contributed by atoms with van der Waals surface area (Å²) < 4.78 is 0. The number of primary amides is 1. The molecule has 1 aliphatic rings. The van der Waals surface area contributed by atoms with E-state index < -0.39 is 35.8 Å². The molecule has 10 heteroatoms. The summed E-state index contributed by atoms with van der Waals surface area (Å²) in [6.07, 6.45) is 3.20. The Morgan fingerprint density at radius 3 is 2.71 bits per heavy atom. The number of likely N-dealkylation sites (tertiary alicyclic amines) is 1. The van der Waals surface area contributed by atoms with Gasteiger partial charge in [0.15, 0.2) is 0 Å². The highest BCUT2D eigenvalue weighted by molar-refractivity contribution is 5.93. The van der Waals surface area contributed by atoms with Crippen LogP contribution < -0.4 is 22.1 Å². The molecule has 10 nitrogen and oxygen atoms in total. The van der Waals surface area contributed by atoms with Gasteiger partial charge in [-0.3, -0.25) is 19.2 Å². The molecule has 1 aliphatic heterocycles. The standard InChI is InChI=1S/C21H28N6O4/c1-12(22)21(31)27-8-4-7-17(27)20(30)25-11-18(28)26-16(19(23)29)9-13-10-24-15-6-3-2-5-14(13)15/h2-3,5-6,10,12,16-17,24H,4,7-9,11,22H2,1H3,(H2,23,29)(H,25,30)(H,26,28)/t12-,16+,17+/m1/s1. The van der Waals surface area contributed by atoms with Gasteiger partial charge in [0.05, 0.1) is 12.6 Å². The van der Waals surface area contributed by atoms with E-state index in [0.717, 1.165) is 16.5 Å². The van der Waals surface area contributed by atoms with Crippen molar-refractivity contribution in [3.05, 3.63) is 36.0 Å². The number of H-pyrrole nitrogens is 1. The number of hydrogen-bond acceptors (Lipinski definition) is 5. The Morgan fingerprint density at radius 2 is 2.00 bits per heavy atom. The molecule has 0 saturated carbocycles. The van der Waals surface area contributed by atoms with Crippen molar-refractivity contribution in [3.8, 4) is 0 Å². The topological polar surface area (TPSA) is 163 Å². The van der Waals surface area contributed by atoms with Gasteiger partial charge in [0.2, 0.25) is 23.6 Å². The molecule has 3 atom stereocenters. The lowest BCUT2D eigenvalue weighted by Crippen LogP contribution is -2.53. The summed E-state index contributed by atoms with van der Waals surface area (Å²) in [5.74, 6) is -1.93. The average molecular weight is 428 g/mol. The van der Waals surface area contributed by atoms with Gasteiger partial charge in [0.25, 0.3) is 0 Å². The zero-order chi connectivity index (χ0) is 22.5. The molecule has 2 aromatic rings. The quantitative estimate of drug-likeness (QED) is 0.369. The SMILES string of the molecule is C[C@@H](N)C(=O)N1CCC[C@H]1C(=O)NCC(=O)N[C@@H](Cc1c[nH]c2ccccc12)C(N)=O. The van der Waals surface area contributed by atoms with Gasteiger partial charge in [-0.25, -0.2) is 0 Å². The minimum atomic E-state index is -0.925. The first-order chi connectivity index (χ1) is 14.8. The van der Waals surface area contributed by atoms with Crippen molar-refractivity contribution in [2.24, 2.45) is 11.5 Å². The monoisotopic (exact) mass is 428 g/mol.